The average Bonchev–Trinajstić information content (AvgIpc) is 2.77. The van der Waals surface area contributed by atoms with E-state index in [9.17, 15) is 0 Å². The van der Waals surface area contributed by atoms with Gasteiger partial charge in [-0.3, -0.25) is 0 Å². The van der Waals surface area contributed by atoms with Crippen LogP contribution in [0.3, 0.4) is 0 Å². The molecule has 16 heavy (non-hydrogen) atoms. The van der Waals surface area contributed by atoms with Gasteiger partial charge < -0.3 is 0 Å². The summed E-state index contributed by atoms with van der Waals surface area (Å²) in [6.07, 6.45) is 0.836. The van der Waals surface area contributed by atoms with Crippen LogP contribution in [-0.2, 0) is 6.42 Å². The SMILES string of the molecule is CCc1nsc(Sc2cccc(C#N)n2)n1. The monoisotopic (exact) mass is 248 g/mol. The summed E-state index contributed by atoms with van der Waals surface area (Å²) in [7, 11) is 0. The van der Waals surface area contributed by atoms with Crippen LogP contribution in [0.5, 0.6) is 0 Å². The van der Waals surface area contributed by atoms with E-state index in [0.717, 1.165) is 21.6 Å². The smallest absolute Gasteiger partial charge is 0.176 e. The first kappa shape index (κ1) is 11.0. The third-order valence-corrected chi connectivity index (χ3v) is 3.52. The minimum absolute atomic E-state index is 0.422. The number of aryl methyl sites for hydroxylation is 1. The molecule has 2 aromatic rings. The lowest BCUT2D eigenvalue weighted by atomic mass is 10.4. The second kappa shape index (κ2) is 5.05. The molecule has 80 valence electrons. The Hall–Kier alpha value is -1.45. The molecule has 6 heteroatoms. The summed E-state index contributed by atoms with van der Waals surface area (Å²) in [4.78, 5) is 8.49. The molecule has 0 radical (unpaired) electrons. The van der Waals surface area contributed by atoms with Crippen LogP contribution in [0.1, 0.15) is 18.4 Å². The van der Waals surface area contributed by atoms with Crippen LogP contribution in [-0.4, -0.2) is 14.3 Å². The van der Waals surface area contributed by atoms with Crippen molar-refractivity contribution in [1.82, 2.24) is 14.3 Å². The van der Waals surface area contributed by atoms with Crippen molar-refractivity contribution in [2.75, 3.05) is 0 Å². The molecule has 0 spiro atoms. The standard InChI is InChI=1S/C10H8N4S2/c1-2-8-13-10(16-14-8)15-9-5-3-4-7(6-11)12-9/h3-5H,2H2,1H3. The largest absolute Gasteiger partial charge is 0.230 e. The van der Waals surface area contributed by atoms with Gasteiger partial charge >= 0.3 is 0 Å². The van der Waals surface area contributed by atoms with E-state index >= 15 is 0 Å². The van der Waals surface area contributed by atoms with Gasteiger partial charge in [-0.25, -0.2) is 9.97 Å². The first-order valence-electron chi connectivity index (χ1n) is 4.69. The molecule has 0 bridgehead atoms. The summed E-state index contributed by atoms with van der Waals surface area (Å²) in [6, 6.07) is 7.37. The van der Waals surface area contributed by atoms with Gasteiger partial charge in [-0.2, -0.15) is 9.64 Å². The van der Waals surface area contributed by atoms with Crippen molar-refractivity contribution in [3.05, 3.63) is 29.7 Å². The molecular weight excluding hydrogens is 240 g/mol. The van der Waals surface area contributed by atoms with Crippen molar-refractivity contribution in [3.63, 3.8) is 0 Å². The molecule has 0 amide bonds. The number of rotatable bonds is 3. The molecule has 0 aliphatic heterocycles. The topological polar surface area (TPSA) is 62.5 Å². The van der Waals surface area contributed by atoms with Crippen molar-refractivity contribution in [3.8, 4) is 6.07 Å². The normalized spacial score (nSPS) is 10.0. The van der Waals surface area contributed by atoms with Crippen molar-refractivity contribution < 1.29 is 0 Å². The third-order valence-electron chi connectivity index (χ3n) is 1.80. The van der Waals surface area contributed by atoms with Gasteiger partial charge in [-0.05, 0) is 35.4 Å². The van der Waals surface area contributed by atoms with Gasteiger partial charge in [-0.1, -0.05) is 13.0 Å². The van der Waals surface area contributed by atoms with Gasteiger partial charge in [0.15, 0.2) is 4.34 Å². The van der Waals surface area contributed by atoms with Crippen LogP contribution >= 0.6 is 23.3 Å². The summed E-state index contributed by atoms with van der Waals surface area (Å²) in [5.74, 6) is 0.851. The van der Waals surface area contributed by atoms with Gasteiger partial charge in [0, 0.05) is 6.42 Å². The molecule has 0 aliphatic rings. The van der Waals surface area contributed by atoms with Gasteiger partial charge in [-0.15, -0.1) is 0 Å². The maximum Gasteiger partial charge on any atom is 0.176 e. The van der Waals surface area contributed by atoms with E-state index in [-0.39, 0.29) is 0 Å². The van der Waals surface area contributed by atoms with Gasteiger partial charge in [0.1, 0.15) is 22.6 Å². The summed E-state index contributed by atoms with van der Waals surface area (Å²) >= 11 is 2.80. The third kappa shape index (κ3) is 2.56. The van der Waals surface area contributed by atoms with E-state index < -0.39 is 0 Å². The molecule has 0 atom stereocenters. The van der Waals surface area contributed by atoms with Gasteiger partial charge in [0.05, 0.1) is 0 Å². The van der Waals surface area contributed by atoms with E-state index in [0.29, 0.717) is 5.69 Å². The van der Waals surface area contributed by atoms with Crippen molar-refractivity contribution in [2.45, 2.75) is 22.7 Å². The van der Waals surface area contributed by atoms with E-state index in [1.807, 2.05) is 25.1 Å². The molecule has 0 saturated heterocycles. The summed E-state index contributed by atoms with van der Waals surface area (Å²) in [5, 5.41) is 9.50. The quantitative estimate of drug-likeness (QED) is 0.835. The summed E-state index contributed by atoms with van der Waals surface area (Å²) in [6.45, 7) is 2.02. The van der Waals surface area contributed by atoms with Crippen LogP contribution in [0, 0.1) is 11.3 Å². The number of pyridine rings is 1. The van der Waals surface area contributed by atoms with E-state index in [2.05, 4.69) is 14.3 Å². The Morgan fingerprint density at radius 1 is 1.44 bits per heavy atom. The maximum atomic E-state index is 8.72. The first-order chi connectivity index (χ1) is 7.81. The van der Waals surface area contributed by atoms with Crippen LogP contribution in [0.25, 0.3) is 0 Å². The molecular formula is C10H8N4S2. The van der Waals surface area contributed by atoms with E-state index in [4.69, 9.17) is 5.26 Å². The zero-order valence-corrected chi connectivity index (χ0v) is 10.2. The Bertz CT molecular complexity index is 530. The minimum atomic E-state index is 0.422. The second-order valence-corrected chi connectivity index (χ2v) is 4.92. The molecule has 2 heterocycles. The number of nitrogens with zero attached hydrogens (tertiary/aromatic N) is 4. The fraction of sp³-hybridized carbons (Fsp3) is 0.200. The molecule has 0 aliphatic carbocycles. The average molecular weight is 248 g/mol. The van der Waals surface area contributed by atoms with Gasteiger partial charge in [0.2, 0.25) is 0 Å². The minimum Gasteiger partial charge on any atom is -0.230 e. The second-order valence-electron chi connectivity index (χ2n) is 2.90. The zero-order chi connectivity index (χ0) is 11.4. The van der Waals surface area contributed by atoms with Crippen molar-refractivity contribution in [1.29, 1.82) is 5.26 Å². The highest BCUT2D eigenvalue weighted by atomic mass is 32.2. The number of hydrogen-bond acceptors (Lipinski definition) is 6. The highest BCUT2D eigenvalue weighted by Crippen LogP contribution is 2.27. The number of hydrogen-bond donors (Lipinski definition) is 0. The van der Waals surface area contributed by atoms with E-state index in [1.54, 1.807) is 6.07 Å². The predicted molar refractivity (Wildman–Crippen MR) is 62.4 cm³/mol. The predicted octanol–water partition coefficient (Wildman–Crippen LogP) is 2.52. The molecule has 0 fully saturated rings. The summed E-state index contributed by atoms with van der Waals surface area (Å²) < 4.78 is 5.05. The number of nitriles is 1. The Kier molecular flexibility index (Phi) is 3.49. The fourth-order valence-electron chi connectivity index (χ4n) is 1.05. The maximum absolute atomic E-state index is 8.72. The first-order valence-corrected chi connectivity index (χ1v) is 6.28. The molecule has 0 N–H and O–H groups in total. The van der Waals surface area contributed by atoms with Gasteiger partial charge in [0.25, 0.3) is 0 Å². The van der Waals surface area contributed by atoms with Crippen LogP contribution < -0.4 is 0 Å². The number of aromatic nitrogens is 3. The van der Waals surface area contributed by atoms with E-state index in [1.165, 1.54) is 23.3 Å². The summed E-state index contributed by atoms with van der Waals surface area (Å²) in [5.41, 5.74) is 0.422. The Labute approximate surface area is 102 Å². The highest BCUT2D eigenvalue weighted by Gasteiger charge is 2.05. The Morgan fingerprint density at radius 3 is 3.00 bits per heavy atom. The molecule has 2 aromatic heterocycles. The molecule has 2 rings (SSSR count). The Morgan fingerprint density at radius 2 is 2.31 bits per heavy atom. The van der Waals surface area contributed by atoms with Crippen LogP contribution in [0.15, 0.2) is 27.6 Å². The van der Waals surface area contributed by atoms with Crippen LogP contribution in [0.4, 0.5) is 0 Å². The lowest BCUT2D eigenvalue weighted by Crippen LogP contribution is -1.85. The lowest BCUT2D eigenvalue weighted by Gasteiger charge is -1.95. The molecule has 0 aromatic carbocycles. The fourth-order valence-corrected chi connectivity index (χ4v) is 2.68. The van der Waals surface area contributed by atoms with Crippen molar-refractivity contribution in [2.24, 2.45) is 0 Å². The van der Waals surface area contributed by atoms with Crippen molar-refractivity contribution >= 4 is 23.3 Å². The van der Waals surface area contributed by atoms with Crippen LogP contribution in [0.2, 0.25) is 0 Å². The zero-order valence-electron chi connectivity index (χ0n) is 8.54. The Balaban J connectivity index is 2.17. The molecule has 4 nitrogen and oxygen atoms in total. The molecule has 0 unspecified atom stereocenters. The molecule has 0 saturated carbocycles. The lowest BCUT2D eigenvalue weighted by molar-refractivity contribution is 0.970. The highest BCUT2D eigenvalue weighted by molar-refractivity contribution is 8.00.